The van der Waals surface area contributed by atoms with Gasteiger partial charge in [-0.3, -0.25) is 4.90 Å². The average Bonchev–Trinajstić information content (AvgIpc) is 2.74. The molecule has 134 valence electrons. The zero-order chi connectivity index (χ0) is 18.0. The lowest BCUT2D eigenvalue weighted by Gasteiger charge is -2.35. The molecule has 1 saturated heterocycles. The van der Waals surface area contributed by atoms with E-state index in [0.29, 0.717) is 19.8 Å². The molecule has 1 unspecified atom stereocenters. The highest BCUT2D eigenvalue weighted by Gasteiger charge is 2.45. The van der Waals surface area contributed by atoms with Crippen molar-refractivity contribution in [2.75, 3.05) is 13.2 Å². The molecule has 1 aromatic carbocycles. The Morgan fingerprint density at radius 2 is 1.96 bits per heavy atom. The number of hydrogen-bond acceptors (Lipinski definition) is 4. The Kier molecular flexibility index (Phi) is 5.94. The summed E-state index contributed by atoms with van der Waals surface area (Å²) in [5, 5.41) is 0. The lowest BCUT2D eigenvalue weighted by molar-refractivity contribution is -0.0658. The monoisotopic (exact) mass is 399 g/mol. The lowest BCUT2D eigenvalue weighted by atomic mass is 10.2. The third-order valence-corrected chi connectivity index (χ3v) is 4.19. The Morgan fingerprint density at radius 1 is 1.33 bits per heavy atom. The third-order valence-electron chi connectivity index (χ3n) is 3.66. The normalized spacial score (nSPS) is 20.2. The van der Waals surface area contributed by atoms with Gasteiger partial charge in [-0.05, 0) is 52.3 Å². The van der Waals surface area contributed by atoms with Gasteiger partial charge < -0.3 is 14.2 Å². The highest BCUT2D eigenvalue weighted by atomic mass is 79.9. The summed E-state index contributed by atoms with van der Waals surface area (Å²) >= 11 is 3.41. The molecule has 1 aromatic rings. The first-order chi connectivity index (χ1) is 11.1. The van der Waals surface area contributed by atoms with Crippen LogP contribution in [-0.4, -0.2) is 41.6 Å². The molecule has 2 rings (SSSR count). The molecule has 6 heteroatoms. The fraction of sp³-hybridized carbons (Fsp3) is 0.611. The molecule has 0 radical (unpaired) electrons. The smallest absolute Gasteiger partial charge is 0.412 e. The number of amides is 1. The molecule has 1 atom stereocenters. The number of benzene rings is 1. The van der Waals surface area contributed by atoms with Crippen molar-refractivity contribution in [1.29, 1.82) is 0 Å². The van der Waals surface area contributed by atoms with Gasteiger partial charge in [-0.15, -0.1) is 0 Å². The fourth-order valence-electron chi connectivity index (χ4n) is 2.58. The Bertz CT molecular complexity index is 565. The minimum absolute atomic E-state index is 0.162. The summed E-state index contributed by atoms with van der Waals surface area (Å²) in [5.74, 6) is 0. The van der Waals surface area contributed by atoms with Crippen LogP contribution in [0.5, 0.6) is 0 Å². The topological polar surface area (TPSA) is 48.0 Å². The Balaban J connectivity index is 1.95. The molecule has 5 nitrogen and oxygen atoms in total. The number of carbonyl (C=O) groups excluding carboxylic acids is 1. The maximum atomic E-state index is 12.5. The average molecular weight is 400 g/mol. The van der Waals surface area contributed by atoms with Gasteiger partial charge in [0.25, 0.3) is 0 Å². The molecule has 0 bridgehead atoms. The van der Waals surface area contributed by atoms with Crippen molar-refractivity contribution in [3.8, 4) is 0 Å². The van der Waals surface area contributed by atoms with Crippen molar-refractivity contribution in [1.82, 2.24) is 4.90 Å². The van der Waals surface area contributed by atoms with Crippen LogP contribution in [0.4, 0.5) is 4.79 Å². The van der Waals surface area contributed by atoms with E-state index in [2.05, 4.69) is 15.9 Å². The molecule has 0 N–H and O–H groups in total. The first-order valence-corrected chi connectivity index (χ1v) is 8.86. The van der Waals surface area contributed by atoms with Gasteiger partial charge in [-0.25, -0.2) is 4.79 Å². The Hall–Kier alpha value is -1.11. The van der Waals surface area contributed by atoms with Gasteiger partial charge in [0.15, 0.2) is 0 Å². The molecule has 0 spiro atoms. The molecule has 1 aliphatic rings. The molecule has 1 fully saturated rings. The molecule has 24 heavy (non-hydrogen) atoms. The van der Waals surface area contributed by atoms with E-state index in [9.17, 15) is 4.79 Å². The van der Waals surface area contributed by atoms with Crippen molar-refractivity contribution >= 4 is 22.0 Å². The first-order valence-electron chi connectivity index (χ1n) is 8.07. The zero-order valence-electron chi connectivity index (χ0n) is 15.0. The number of ether oxygens (including phenoxy) is 3. The molecule has 0 saturated carbocycles. The predicted molar refractivity (Wildman–Crippen MR) is 95.7 cm³/mol. The molecule has 1 aliphatic heterocycles. The van der Waals surface area contributed by atoms with Crippen LogP contribution in [0.15, 0.2) is 28.7 Å². The number of halogens is 1. The van der Waals surface area contributed by atoms with E-state index >= 15 is 0 Å². The summed E-state index contributed by atoms with van der Waals surface area (Å²) < 4.78 is 18.1. The highest BCUT2D eigenvalue weighted by Crippen LogP contribution is 2.29. The lowest BCUT2D eigenvalue weighted by Crippen LogP contribution is -2.51. The van der Waals surface area contributed by atoms with Gasteiger partial charge in [0.05, 0.1) is 25.9 Å². The van der Waals surface area contributed by atoms with Crippen LogP contribution in [-0.2, 0) is 20.8 Å². The van der Waals surface area contributed by atoms with Crippen molar-refractivity contribution in [2.45, 2.75) is 58.6 Å². The van der Waals surface area contributed by atoms with Crippen molar-refractivity contribution in [2.24, 2.45) is 0 Å². The van der Waals surface area contributed by atoms with Crippen molar-refractivity contribution in [3.63, 3.8) is 0 Å². The quantitative estimate of drug-likeness (QED) is 0.755. The maximum Gasteiger partial charge on any atom is 0.412 e. The predicted octanol–water partition coefficient (Wildman–Crippen LogP) is 4.34. The van der Waals surface area contributed by atoms with Gasteiger partial charge >= 0.3 is 6.09 Å². The molecule has 0 aliphatic carbocycles. The van der Waals surface area contributed by atoms with Crippen molar-refractivity contribution < 1.29 is 19.0 Å². The van der Waals surface area contributed by atoms with Crippen LogP contribution >= 0.6 is 15.9 Å². The van der Waals surface area contributed by atoms with Crippen LogP contribution in [0.25, 0.3) is 0 Å². The fourth-order valence-corrected chi connectivity index (χ4v) is 2.84. The molecule has 1 heterocycles. The van der Waals surface area contributed by atoms with Gasteiger partial charge in [0.1, 0.15) is 11.3 Å². The number of rotatable bonds is 4. The molecular formula is C18H26BrNO4. The number of hydrogen-bond donors (Lipinski definition) is 0. The van der Waals surface area contributed by atoms with Gasteiger partial charge in [-0.1, -0.05) is 28.1 Å². The summed E-state index contributed by atoms with van der Waals surface area (Å²) in [6.45, 7) is 10.6. The summed E-state index contributed by atoms with van der Waals surface area (Å²) in [4.78, 5) is 14.2. The van der Waals surface area contributed by atoms with E-state index in [-0.39, 0.29) is 12.1 Å². The zero-order valence-corrected chi connectivity index (χ0v) is 16.6. The number of carbonyl (C=O) groups is 1. The first kappa shape index (κ1) is 19.2. The van der Waals surface area contributed by atoms with Crippen LogP contribution < -0.4 is 0 Å². The van der Waals surface area contributed by atoms with Crippen LogP contribution in [0.3, 0.4) is 0 Å². The van der Waals surface area contributed by atoms with Gasteiger partial charge in [-0.2, -0.15) is 0 Å². The Morgan fingerprint density at radius 3 is 2.54 bits per heavy atom. The van der Waals surface area contributed by atoms with Crippen LogP contribution in [0.2, 0.25) is 0 Å². The molecule has 0 aromatic heterocycles. The second-order valence-electron chi connectivity index (χ2n) is 7.40. The van der Waals surface area contributed by atoms with Gasteiger partial charge in [0, 0.05) is 4.47 Å². The Labute approximate surface area is 152 Å². The van der Waals surface area contributed by atoms with Gasteiger partial charge in [0.2, 0.25) is 0 Å². The second-order valence-corrected chi connectivity index (χ2v) is 8.32. The molecule has 1 amide bonds. The second kappa shape index (κ2) is 7.42. The van der Waals surface area contributed by atoms with E-state index in [1.54, 1.807) is 4.90 Å². The third kappa shape index (κ3) is 5.19. The van der Waals surface area contributed by atoms with E-state index in [1.807, 2.05) is 58.9 Å². The van der Waals surface area contributed by atoms with E-state index < -0.39 is 11.3 Å². The standard InChI is InChI=1S/C18H26BrNO4/c1-17(2,3)24-16(21)20-15(12-23-18(20,4)5)11-22-10-13-6-8-14(19)9-7-13/h6-9,15H,10-12H2,1-5H3. The van der Waals surface area contributed by atoms with E-state index in [0.717, 1.165) is 10.0 Å². The van der Waals surface area contributed by atoms with Crippen molar-refractivity contribution in [3.05, 3.63) is 34.3 Å². The number of nitrogens with zero attached hydrogens (tertiary/aromatic N) is 1. The van der Waals surface area contributed by atoms with E-state index in [4.69, 9.17) is 14.2 Å². The molecular weight excluding hydrogens is 374 g/mol. The van der Waals surface area contributed by atoms with E-state index in [1.165, 1.54) is 0 Å². The maximum absolute atomic E-state index is 12.5. The summed E-state index contributed by atoms with van der Waals surface area (Å²) in [6.07, 6.45) is -0.373. The summed E-state index contributed by atoms with van der Waals surface area (Å²) in [7, 11) is 0. The largest absolute Gasteiger partial charge is 0.444 e. The SMILES string of the molecule is CC(C)(C)OC(=O)N1C(COCc2ccc(Br)cc2)COC1(C)C. The minimum Gasteiger partial charge on any atom is -0.444 e. The van der Waals surface area contributed by atoms with Crippen LogP contribution in [0.1, 0.15) is 40.2 Å². The highest BCUT2D eigenvalue weighted by molar-refractivity contribution is 9.10. The summed E-state index contributed by atoms with van der Waals surface area (Å²) in [6, 6.07) is 7.81. The van der Waals surface area contributed by atoms with Crippen LogP contribution in [0, 0.1) is 0 Å². The minimum atomic E-state index is -0.700. The summed E-state index contributed by atoms with van der Waals surface area (Å²) in [5.41, 5.74) is -0.160.